The molecule has 0 bridgehead atoms. The second-order valence-corrected chi connectivity index (χ2v) is 7.42. The minimum Gasteiger partial charge on any atom is -0.489 e. The molecule has 0 unspecified atom stereocenters. The van der Waals surface area contributed by atoms with Gasteiger partial charge in [-0.1, -0.05) is 30.2 Å². The Morgan fingerprint density at radius 3 is 2.72 bits per heavy atom. The summed E-state index contributed by atoms with van der Waals surface area (Å²) < 4.78 is 7.87. The van der Waals surface area contributed by atoms with Gasteiger partial charge in [-0.2, -0.15) is 5.10 Å². The van der Waals surface area contributed by atoms with E-state index >= 15 is 0 Å². The summed E-state index contributed by atoms with van der Waals surface area (Å²) in [5.74, 6) is 5.30. The van der Waals surface area contributed by atoms with E-state index in [-0.39, 0.29) is 12.3 Å². The highest BCUT2D eigenvalue weighted by molar-refractivity contribution is 5.79. The maximum absolute atomic E-state index is 11.1. The van der Waals surface area contributed by atoms with Crippen molar-refractivity contribution in [1.29, 1.82) is 0 Å². The summed E-state index contributed by atoms with van der Waals surface area (Å²) in [4.78, 5) is 15.4. The molecule has 6 nitrogen and oxygen atoms in total. The maximum atomic E-state index is 11.1. The largest absolute Gasteiger partial charge is 0.489 e. The Balaban J connectivity index is 1.41. The minimum absolute atomic E-state index is 0.0188. The third-order valence-corrected chi connectivity index (χ3v) is 5.13. The zero-order valence-corrected chi connectivity index (χ0v) is 17.7. The van der Waals surface area contributed by atoms with Crippen LogP contribution in [-0.4, -0.2) is 25.8 Å². The van der Waals surface area contributed by atoms with E-state index in [9.17, 15) is 4.79 Å². The monoisotopic (exact) mass is 425 g/mol. The lowest BCUT2D eigenvalue weighted by Gasteiger charge is -2.11. The van der Waals surface area contributed by atoms with E-state index in [1.54, 1.807) is 13.1 Å². The van der Waals surface area contributed by atoms with Crippen molar-refractivity contribution in [1.82, 2.24) is 14.8 Å². The van der Waals surface area contributed by atoms with E-state index in [2.05, 4.69) is 28.0 Å². The van der Waals surface area contributed by atoms with Gasteiger partial charge >= 0.3 is 5.97 Å². The van der Waals surface area contributed by atoms with Gasteiger partial charge in [0.2, 0.25) is 0 Å². The van der Waals surface area contributed by atoms with E-state index in [0.717, 1.165) is 33.5 Å². The van der Waals surface area contributed by atoms with Crippen molar-refractivity contribution in [2.24, 2.45) is 0 Å². The number of carboxylic acids is 1. The summed E-state index contributed by atoms with van der Waals surface area (Å²) in [5, 5.41) is 14.6. The first-order valence-electron chi connectivity index (χ1n) is 10.3. The molecule has 0 aliphatic carbocycles. The van der Waals surface area contributed by atoms with Crippen molar-refractivity contribution >= 4 is 16.9 Å². The van der Waals surface area contributed by atoms with Gasteiger partial charge in [-0.05, 0) is 54.4 Å². The first-order valence-corrected chi connectivity index (χ1v) is 10.3. The standard InChI is InChI=1S/C26H23N3O3/c1-2-5-21(15-26(30)31)20-8-10-24(11-9-20)32-18-19-7-12-25-22(14-19)16-28-29(25)17-23-6-3-4-13-27-23/h3-4,6-14,16,21H,15,17-18H2,1H3,(H,30,31)/t21-/m0/s1. The van der Waals surface area contributed by atoms with E-state index in [1.807, 2.05) is 65.5 Å². The Kier molecular flexibility index (Phi) is 6.47. The fourth-order valence-electron chi connectivity index (χ4n) is 3.56. The van der Waals surface area contributed by atoms with Gasteiger partial charge in [0, 0.05) is 11.6 Å². The van der Waals surface area contributed by atoms with E-state index in [0.29, 0.717) is 13.2 Å². The predicted octanol–water partition coefficient (Wildman–Crippen LogP) is 4.64. The molecule has 4 aromatic rings. The molecule has 0 saturated heterocycles. The SMILES string of the molecule is CC#C[C@@H](CC(=O)O)c1ccc(OCc2ccc3c(cnn3Cc3ccccn3)c2)cc1. The molecular weight excluding hydrogens is 402 g/mol. The van der Waals surface area contributed by atoms with Crippen molar-refractivity contribution < 1.29 is 14.6 Å². The summed E-state index contributed by atoms with van der Waals surface area (Å²) in [6, 6.07) is 19.5. The Labute approximate surface area is 186 Å². The Bertz CT molecular complexity index is 1270. The van der Waals surface area contributed by atoms with Gasteiger partial charge in [0.25, 0.3) is 0 Å². The van der Waals surface area contributed by atoms with Crippen LogP contribution in [0, 0.1) is 11.8 Å². The first-order chi connectivity index (χ1) is 15.6. The lowest BCUT2D eigenvalue weighted by atomic mass is 9.96. The molecular formula is C26H23N3O3. The molecule has 0 saturated carbocycles. The molecule has 0 aliphatic heterocycles. The van der Waals surface area contributed by atoms with Crippen LogP contribution in [0.4, 0.5) is 0 Å². The summed E-state index contributed by atoms with van der Waals surface area (Å²) >= 11 is 0. The normalized spacial score (nSPS) is 11.5. The predicted molar refractivity (Wildman–Crippen MR) is 122 cm³/mol. The third kappa shape index (κ3) is 5.13. The second-order valence-electron chi connectivity index (χ2n) is 7.42. The van der Waals surface area contributed by atoms with Crippen LogP contribution in [0.3, 0.4) is 0 Å². The van der Waals surface area contributed by atoms with Crippen molar-refractivity contribution in [2.45, 2.75) is 32.4 Å². The fourth-order valence-corrected chi connectivity index (χ4v) is 3.56. The third-order valence-electron chi connectivity index (χ3n) is 5.13. The highest BCUT2D eigenvalue weighted by Crippen LogP contribution is 2.23. The number of ether oxygens (including phenoxy) is 1. The molecule has 0 radical (unpaired) electrons. The van der Waals surface area contributed by atoms with Crippen LogP contribution in [0.2, 0.25) is 0 Å². The smallest absolute Gasteiger partial charge is 0.304 e. The molecule has 6 heteroatoms. The molecule has 2 aromatic carbocycles. The van der Waals surface area contributed by atoms with Gasteiger partial charge in [0.15, 0.2) is 0 Å². The quantitative estimate of drug-likeness (QED) is 0.416. The van der Waals surface area contributed by atoms with Gasteiger partial charge in [-0.25, -0.2) is 0 Å². The zero-order chi connectivity index (χ0) is 22.3. The Hall–Kier alpha value is -4.11. The molecule has 0 fully saturated rings. The molecule has 2 aromatic heterocycles. The number of hydrogen-bond donors (Lipinski definition) is 1. The summed E-state index contributed by atoms with van der Waals surface area (Å²) in [5.41, 5.74) is 3.92. The number of hydrogen-bond acceptors (Lipinski definition) is 4. The lowest BCUT2D eigenvalue weighted by molar-refractivity contribution is -0.137. The topological polar surface area (TPSA) is 77.2 Å². The van der Waals surface area contributed by atoms with Crippen molar-refractivity contribution in [3.05, 3.63) is 89.9 Å². The number of nitrogens with zero attached hydrogens (tertiary/aromatic N) is 3. The number of aliphatic carboxylic acids is 1. The van der Waals surface area contributed by atoms with Gasteiger partial charge in [-0.15, -0.1) is 5.92 Å². The Morgan fingerprint density at radius 2 is 2.00 bits per heavy atom. The number of carboxylic acid groups (broad SMARTS) is 1. The summed E-state index contributed by atoms with van der Waals surface area (Å²) in [7, 11) is 0. The van der Waals surface area contributed by atoms with Crippen LogP contribution in [-0.2, 0) is 17.9 Å². The van der Waals surface area contributed by atoms with Crippen LogP contribution < -0.4 is 4.74 Å². The van der Waals surface area contributed by atoms with Crippen LogP contribution in [0.15, 0.2) is 73.1 Å². The number of aromatic nitrogens is 3. The highest BCUT2D eigenvalue weighted by Gasteiger charge is 2.13. The Morgan fingerprint density at radius 1 is 1.16 bits per heavy atom. The van der Waals surface area contributed by atoms with Gasteiger partial charge < -0.3 is 9.84 Å². The molecule has 0 spiro atoms. The average Bonchev–Trinajstić information content (AvgIpc) is 3.20. The summed E-state index contributed by atoms with van der Waals surface area (Å²) in [6.07, 6.45) is 3.62. The molecule has 160 valence electrons. The zero-order valence-electron chi connectivity index (χ0n) is 17.7. The molecule has 0 amide bonds. The highest BCUT2D eigenvalue weighted by atomic mass is 16.5. The second kappa shape index (κ2) is 9.80. The average molecular weight is 425 g/mol. The molecule has 1 N–H and O–H groups in total. The van der Waals surface area contributed by atoms with E-state index < -0.39 is 5.97 Å². The number of benzene rings is 2. The molecule has 2 heterocycles. The number of rotatable bonds is 8. The molecule has 0 aliphatic rings. The fraction of sp³-hybridized carbons (Fsp3) is 0.192. The maximum Gasteiger partial charge on any atom is 0.304 e. The minimum atomic E-state index is -0.864. The van der Waals surface area contributed by atoms with Crippen LogP contribution in [0.1, 0.15) is 36.1 Å². The van der Waals surface area contributed by atoms with Crippen LogP contribution in [0.25, 0.3) is 10.9 Å². The van der Waals surface area contributed by atoms with E-state index in [4.69, 9.17) is 9.84 Å². The van der Waals surface area contributed by atoms with Crippen molar-refractivity contribution in [3.8, 4) is 17.6 Å². The van der Waals surface area contributed by atoms with Gasteiger partial charge in [-0.3, -0.25) is 14.5 Å². The number of fused-ring (bicyclic) bond motifs is 1. The van der Waals surface area contributed by atoms with E-state index in [1.165, 1.54) is 0 Å². The molecule has 1 atom stereocenters. The van der Waals surface area contributed by atoms with Gasteiger partial charge in [0.05, 0.1) is 36.3 Å². The molecule has 4 rings (SSSR count). The van der Waals surface area contributed by atoms with Gasteiger partial charge in [0.1, 0.15) is 12.4 Å². The lowest BCUT2D eigenvalue weighted by Crippen LogP contribution is -2.04. The van der Waals surface area contributed by atoms with Crippen LogP contribution in [0.5, 0.6) is 5.75 Å². The first kappa shape index (κ1) is 21.1. The van der Waals surface area contributed by atoms with Crippen LogP contribution >= 0.6 is 0 Å². The number of pyridine rings is 1. The summed E-state index contributed by atoms with van der Waals surface area (Å²) in [6.45, 7) is 2.76. The number of carbonyl (C=O) groups is 1. The van der Waals surface area contributed by atoms with Crippen molar-refractivity contribution in [2.75, 3.05) is 0 Å². The molecule has 32 heavy (non-hydrogen) atoms. The van der Waals surface area contributed by atoms with Crippen molar-refractivity contribution in [3.63, 3.8) is 0 Å².